The minimum absolute atomic E-state index is 0.945. The Morgan fingerprint density at radius 2 is 1.31 bits per heavy atom. The maximum atomic E-state index is 2.50. The Bertz CT molecular complexity index is 208. The van der Waals surface area contributed by atoms with Crippen LogP contribution in [-0.4, -0.2) is 0 Å². The van der Waals surface area contributed by atoms with Crippen molar-refractivity contribution in [1.29, 1.82) is 0 Å². The van der Waals surface area contributed by atoms with E-state index in [1.807, 2.05) is 0 Å². The van der Waals surface area contributed by atoms with Crippen molar-refractivity contribution in [2.75, 3.05) is 0 Å². The molecule has 0 heterocycles. The monoisotopic (exact) mass is 222 g/mol. The minimum atomic E-state index is 0.945. The molecule has 0 radical (unpaired) electrons. The van der Waals surface area contributed by atoms with Crippen LogP contribution in [0.3, 0.4) is 0 Å². The summed E-state index contributed by atoms with van der Waals surface area (Å²) in [5.41, 5.74) is 0. The Balaban J connectivity index is 1.87. The van der Waals surface area contributed by atoms with Gasteiger partial charge in [-0.2, -0.15) is 0 Å². The van der Waals surface area contributed by atoms with Crippen molar-refractivity contribution in [3.8, 4) is 0 Å². The van der Waals surface area contributed by atoms with Gasteiger partial charge in [0.05, 0.1) is 0 Å². The summed E-state index contributed by atoms with van der Waals surface area (Å²) in [6.07, 6.45) is 12.1. The van der Waals surface area contributed by atoms with E-state index in [1.54, 1.807) is 12.8 Å². The van der Waals surface area contributed by atoms with E-state index in [1.165, 1.54) is 38.5 Å². The van der Waals surface area contributed by atoms with E-state index >= 15 is 0 Å². The average Bonchev–Trinajstić information content (AvgIpc) is 2.98. The molecule has 0 aromatic rings. The molecule has 0 spiro atoms. The van der Waals surface area contributed by atoms with E-state index in [-0.39, 0.29) is 0 Å². The summed E-state index contributed by atoms with van der Waals surface area (Å²) < 4.78 is 0. The first-order valence-electron chi connectivity index (χ1n) is 7.68. The van der Waals surface area contributed by atoms with Gasteiger partial charge in [0.2, 0.25) is 0 Å². The fourth-order valence-electron chi connectivity index (χ4n) is 3.69. The third kappa shape index (κ3) is 3.25. The lowest BCUT2D eigenvalue weighted by Gasteiger charge is -2.27. The molecule has 0 nitrogen and oxygen atoms in total. The molecular weight excluding hydrogens is 192 g/mol. The van der Waals surface area contributed by atoms with Crippen LogP contribution in [0.15, 0.2) is 0 Å². The fourth-order valence-corrected chi connectivity index (χ4v) is 3.69. The van der Waals surface area contributed by atoms with Crippen molar-refractivity contribution in [3.05, 3.63) is 0 Å². The van der Waals surface area contributed by atoms with Gasteiger partial charge in [-0.3, -0.25) is 0 Å². The second-order valence-corrected chi connectivity index (χ2v) is 6.80. The molecule has 94 valence electrons. The predicted octanol–water partition coefficient (Wildman–Crippen LogP) is 5.28. The first kappa shape index (κ1) is 12.5. The van der Waals surface area contributed by atoms with Crippen LogP contribution in [0.25, 0.3) is 0 Å². The number of fused-ring (bicyclic) bond motifs is 1. The molecule has 0 amide bonds. The van der Waals surface area contributed by atoms with Gasteiger partial charge in [0, 0.05) is 0 Å². The normalized spacial score (nSPS) is 46.3. The first-order chi connectivity index (χ1) is 7.68. The van der Waals surface area contributed by atoms with Gasteiger partial charge in [-0.15, -0.1) is 0 Å². The molecule has 16 heavy (non-hydrogen) atoms. The van der Waals surface area contributed by atoms with Crippen LogP contribution in [-0.2, 0) is 0 Å². The lowest BCUT2D eigenvalue weighted by Crippen LogP contribution is -2.17. The quantitative estimate of drug-likeness (QED) is 0.523. The topological polar surface area (TPSA) is 0 Å². The Morgan fingerprint density at radius 3 is 2.06 bits per heavy atom. The van der Waals surface area contributed by atoms with Gasteiger partial charge in [0.15, 0.2) is 0 Å². The third-order valence-electron chi connectivity index (χ3n) is 5.52. The van der Waals surface area contributed by atoms with E-state index in [0.717, 1.165) is 29.6 Å². The minimum Gasteiger partial charge on any atom is -0.0622 e. The van der Waals surface area contributed by atoms with Crippen LogP contribution in [0.4, 0.5) is 0 Å². The summed E-state index contributed by atoms with van der Waals surface area (Å²) >= 11 is 0. The molecular formula is C16H30. The summed E-state index contributed by atoms with van der Waals surface area (Å²) in [5, 5.41) is 0. The molecule has 5 atom stereocenters. The summed E-state index contributed by atoms with van der Waals surface area (Å²) in [7, 11) is 0. The molecule has 0 aromatic carbocycles. The standard InChI is InChI=1S/C16H30/c1-12-8-6-4-5-7-9-15-11-16(15)10-13(2)14(12)3/h12-16H,4-11H2,1-3H3. The Hall–Kier alpha value is 0. The molecule has 0 saturated heterocycles. The molecule has 5 unspecified atom stereocenters. The van der Waals surface area contributed by atoms with Gasteiger partial charge in [-0.25, -0.2) is 0 Å². The summed E-state index contributed by atoms with van der Waals surface area (Å²) in [4.78, 5) is 0. The third-order valence-corrected chi connectivity index (χ3v) is 5.52. The van der Waals surface area contributed by atoms with E-state index in [0.29, 0.717) is 0 Å². The van der Waals surface area contributed by atoms with Gasteiger partial charge in [0.1, 0.15) is 0 Å². The van der Waals surface area contributed by atoms with Crippen molar-refractivity contribution in [1.82, 2.24) is 0 Å². The summed E-state index contributed by atoms with van der Waals surface area (Å²) in [5.74, 6) is 5.10. The first-order valence-corrected chi connectivity index (χ1v) is 7.68. The number of hydrogen-bond donors (Lipinski definition) is 0. The SMILES string of the molecule is CC1CCCCCCC2CC2CC(C)C1C. The molecule has 0 aromatic heterocycles. The largest absolute Gasteiger partial charge is 0.0622 e. The van der Waals surface area contributed by atoms with Crippen molar-refractivity contribution < 1.29 is 0 Å². The lowest BCUT2D eigenvalue weighted by molar-refractivity contribution is 0.236. The van der Waals surface area contributed by atoms with E-state index < -0.39 is 0 Å². The van der Waals surface area contributed by atoms with Crippen LogP contribution in [0.5, 0.6) is 0 Å². The van der Waals surface area contributed by atoms with Gasteiger partial charge in [-0.1, -0.05) is 59.3 Å². The van der Waals surface area contributed by atoms with Crippen molar-refractivity contribution in [3.63, 3.8) is 0 Å². The smallest absolute Gasteiger partial charge is 0.0380 e. The molecule has 2 fully saturated rings. The zero-order valence-corrected chi connectivity index (χ0v) is 11.5. The van der Waals surface area contributed by atoms with Crippen LogP contribution in [0.1, 0.15) is 72.1 Å². The van der Waals surface area contributed by atoms with Crippen LogP contribution in [0, 0.1) is 29.6 Å². The highest BCUT2D eigenvalue weighted by atomic mass is 14.4. The number of rotatable bonds is 0. The average molecular weight is 222 g/mol. The molecule has 0 N–H and O–H groups in total. The van der Waals surface area contributed by atoms with Gasteiger partial charge < -0.3 is 0 Å². The van der Waals surface area contributed by atoms with Gasteiger partial charge in [0.25, 0.3) is 0 Å². The maximum Gasteiger partial charge on any atom is -0.0380 e. The van der Waals surface area contributed by atoms with Crippen molar-refractivity contribution in [2.24, 2.45) is 29.6 Å². The highest BCUT2D eigenvalue weighted by Gasteiger charge is 2.38. The Morgan fingerprint density at radius 1 is 0.625 bits per heavy atom. The molecule has 0 bridgehead atoms. The van der Waals surface area contributed by atoms with Crippen molar-refractivity contribution >= 4 is 0 Å². The van der Waals surface area contributed by atoms with Gasteiger partial charge in [-0.05, 0) is 42.4 Å². The van der Waals surface area contributed by atoms with Crippen LogP contribution >= 0.6 is 0 Å². The molecule has 0 heteroatoms. The molecule has 2 aliphatic rings. The van der Waals surface area contributed by atoms with Crippen LogP contribution in [0.2, 0.25) is 0 Å². The Labute approximate surface area is 102 Å². The highest BCUT2D eigenvalue weighted by Crippen LogP contribution is 2.48. The molecule has 0 aliphatic heterocycles. The Kier molecular flexibility index (Phi) is 4.33. The molecule has 2 saturated carbocycles. The highest BCUT2D eigenvalue weighted by molar-refractivity contribution is 4.88. The maximum absolute atomic E-state index is 2.50. The zero-order valence-electron chi connectivity index (χ0n) is 11.5. The van der Waals surface area contributed by atoms with E-state index in [2.05, 4.69) is 20.8 Å². The van der Waals surface area contributed by atoms with Crippen LogP contribution < -0.4 is 0 Å². The van der Waals surface area contributed by atoms with Gasteiger partial charge >= 0.3 is 0 Å². The second kappa shape index (κ2) is 5.56. The van der Waals surface area contributed by atoms with E-state index in [4.69, 9.17) is 0 Å². The lowest BCUT2D eigenvalue weighted by atomic mass is 9.79. The zero-order chi connectivity index (χ0) is 11.5. The predicted molar refractivity (Wildman–Crippen MR) is 71.4 cm³/mol. The fraction of sp³-hybridized carbons (Fsp3) is 1.00. The summed E-state index contributed by atoms with van der Waals surface area (Å²) in [6.45, 7) is 7.48. The number of hydrogen-bond acceptors (Lipinski definition) is 0. The molecule has 2 aliphatic carbocycles. The van der Waals surface area contributed by atoms with Crippen molar-refractivity contribution in [2.45, 2.75) is 72.1 Å². The second-order valence-electron chi connectivity index (χ2n) is 6.80. The molecule has 2 rings (SSSR count). The van der Waals surface area contributed by atoms with E-state index in [9.17, 15) is 0 Å². The summed E-state index contributed by atoms with van der Waals surface area (Å²) in [6, 6.07) is 0.